The van der Waals surface area contributed by atoms with Gasteiger partial charge < -0.3 is 10.4 Å². The zero-order valence-electron chi connectivity index (χ0n) is 9.02. The lowest BCUT2D eigenvalue weighted by Gasteiger charge is -2.32. The highest BCUT2D eigenvalue weighted by molar-refractivity contribution is 6.26. The standard InChI is InChI=1S/C10H9Cl2F4NO/c1-17-7-4-2-6(3-5-7)8(11,13)9(14,18)10(12,15)16/h2-5,17-18H,1H3. The van der Waals surface area contributed by atoms with Crippen molar-refractivity contribution in [2.24, 2.45) is 0 Å². The van der Waals surface area contributed by atoms with Gasteiger partial charge in [0.1, 0.15) is 0 Å². The topological polar surface area (TPSA) is 32.3 Å². The predicted molar refractivity (Wildman–Crippen MR) is 61.5 cm³/mol. The minimum atomic E-state index is -4.88. The molecule has 2 atom stereocenters. The van der Waals surface area contributed by atoms with Gasteiger partial charge in [0.15, 0.2) is 0 Å². The molecule has 0 heterocycles. The van der Waals surface area contributed by atoms with Crippen LogP contribution >= 0.6 is 23.2 Å². The van der Waals surface area contributed by atoms with Crippen LogP contribution in [-0.4, -0.2) is 23.4 Å². The van der Waals surface area contributed by atoms with E-state index in [0.717, 1.165) is 12.1 Å². The summed E-state index contributed by atoms with van der Waals surface area (Å²) in [6.07, 6.45) is 0. The van der Waals surface area contributed by atoms with Gasteiger partial charge in [-0.15, -0.1) is 0 Å². The van der Waals surface area contributed by atoms with Crippen LogP contribution in [-0.2, 0) is 5.13 Å². The van der Waals surface area contributed by atoms with Crippen LogP contribution in [0.1, 0.15) is 5.56 Å². The molecule has 0 amide bonds. The number of hydrogen-bond donors (Lipinski definition) is 2. The quantitative estimate of drug-likeness (QED) is 0.658. The van der Waals surface area contributed by atoms with Gasteiger partial charge in [0.2, 0.25) is 0 Å². The Hall–Kier alpha value is -0.720. The first-order valence-electron chi connectivity index (χ1n) is 4.68. The number of anilines is 1. The van der Waals surface area contributed by atoms with E-state index >= 15 is 0 Å². The summed E-state index contributed by atoms with van der Waals surface area (Å²) < 4.78 is 52.5. The van der Waals surface area contributed by atoms with Gasteiger partial charge in [-0.2, -0.15) is 13.2 Å². The molecule has 0 saturated carbocycles. The van der Waals surface area contributed by atoms with Crippen molar-refractivity contribution in [2.45, 2.75) is 16.4 Å². The monoisotopic (exact) mass is 305 g/mol. The van der Waals surface area contributed by atoms with E-state index in [4.69, 9.17) is 16.7 Å². The lowest BCUT2D eigenvalue weighted by Crippen LogP contribution is -2.52. The van der Waals surface area contributed by atoms with Gasteiger partial charge in [-0.25, -0.2) is 4.39 Å². The maximum absolute atomic E-state index is 13.9. The Balaban J connectivity index is 3.19. The number of hydrogen-bond acceptors (Lipinski definition) is 2. The largest absolute Gasteiger partial charge is 0.388 e. The van der Waals surface area contributed by atoms with Crippen molar-refractivity contribution in [3.8, 4) is 0 Å². The Kier molecular flexibility index (Phi) is 4.05. The van der Waals surface area contributed by atoms with E-state index in [9.17, 15) is 17.6 Å². The first-order valence-corrected chi connectivity index (χ1v) is 5.43. The summed E-state index contributed by atoms with van der Waals surface area (Å²) in [5.74, 6) is -4.76. The zero-order chi connectivity index (χ0) is 14.2. The molecule has 0 fully saturated rings. The Morgan fingerprint density at radius 1 is 1.06 bits per heavy atom. The Labute approximate surface area is 111 Å². The molecular formula is C10H9Cl2F4NO. The first-order chi connectivity index (χ1) is 8.04. The smallest absolute Gasteiger partial charge is 0.384 e. The molecule has 8 heteroatoms. The zero-order valence-corrected chi connectivity index (χ0v) is 10.5. The van der Waals surface area contributed by atoms with Crippen molar-refractivity contribution >= 4 is 28.9 Å². The summed E-state index contributed by atoms with van der Waals surface area (Å²) in [7, 11) is 1.57. The average Bonchev–Trinajstić information content (AvgIpc) is 2.27. The van der Waals surface area contributed by atoms with Crippen molar-refractivity contribution in [3.63, 3.8) is 0 Å². The van der Waals surface area contributed by atoms with Crippen molar-refractivity contribution in [2.75, 3.05) is 12.4 Å². The summed E-state index contributed by atoms with van der Waals surface area (Å²) in [5, 5.41) is 2.80. The second-order valence-electron chi connectivity index (χ2n) is 3.52. The maximum atomic E-state index is 13.9. The predicted octanol–water partition coefficient (Wildman–Crippen LogP) is 3.58. The molecule has 18 heavy (non-hydrogen) atoms. The molecule has 0 aliphatic heterocycles. The van der Waals surface area contributed by atoms with E-state index in [-0.39, 0.29) is 0 Å². The molecule has 0 aliphatic carbocycles. The third-order valence-corrected chi connectivity index (χ3v) is 3.05. The van der Waals surface area contributed by atoms with Crippen LogP contribution in [0.4, 0.5) is 23.2 Å². The van der Waals surface area contributed by atoms with Crippen LogP contribution in [0.5, 0.6) is 0 Å². The highest BCUT2D eigenvalue weighted by Gasteiger charge is 2.68. The molecular weight excluding hydrogens is 297 g/mol. The molecule has 0 bridgehead atoms. The molecule has 1 aromatic rings. The van der Waals surface area contributed by atoms with Gasteiger partial charge in [0.25, 0.3) is 5.13 Å². The van der Waals surface area contributed by atoms with E-state index in [2.05, 4.69) is 16.9 Å². The van der Waals surface area contributed by atoms with Crippen LogP contribution < -0.4 is 5.32 Å². The van der Waals surface area contributed by atoms with E-state index in [1.54, 1.807) is 7.05 Å². The van der Waals surface area contributed by atoms with Crippen molar-refractivity contribution in [1.82, 2.24) is 0 Å². The van der Waals surface area contributed by atoms with Gasteiger partial charge in [0, 0.05) is 18.3 Å². The van der Waals surface area contributed by atoms with Crippen molar-refractivity contribution in [1.29, 1.82) is 0 Å². The van der Waals surface area contributed by atoms with Gasteiger partial charge in [-0.3, -0.25) is 0 Å². The molecule has 102 valence electrons. The lowest BCUT2D eigenvalue weighted by molar-refractivity contribution is -0.260. The number of benzene rings is 1. The van der Waals surface area contributed by atoms with Gasteiger partial charge >= 0.3 is 11.2 Å². The van der Waals surface area contributed by atoms with Crippen molar-refractivity contribution < 1.29 is 22.7 Å². The van der Waals surface area contributed by atoms with Gasteiger partial charge in [-0.1, -0.05) is 23.7 Å². The molecule has 0 aliphatic rings. The lowest BCUT2D eigenvalue weighted by atomic mass is 10.0. The third kappa shape index (κ3) is 2.50. The molecule has 0 saturated heterocycles. The fourth-order valence-corrected chi connectivity index (χ4v) is 1.64. The number of halogens is 6. The Morgan fingerprint density at radius 3 is 1.83 bits per heavy atom. The van der Waals surface area contributed by atoms with Crippen LogP contribution in [0.25, 0.3) is 0 Å². The number of rotatable bonds is 4. The minimum Gasteiger partial charge on any atom is -0.388 e. The van der Waals surface area contributed by atoms with Crippen LogP contribution in [0.15, 0.2) is 24.3 Å². The summed E-state index contributed by atoms with van der Waals surface area (Å²) in [4.78, 5) is 0. The fraction of sp³-hybridized carbons (Fsp3) is 0.400. The summed E-state index contributed by atoms with van der Waals surface area (Å²) in [5.41, 5.74) is -0.167. The summed E-state index contributed by atoms with van der Waals surface area (Å²) in [6.45, 7) is 0. The SMILES string of the molecule is CNc1ccc(C(F)(Cl)C(O)(F)C(F)(F)Cl)cc1. The average molecular weight is 306 g/mol. The van der Waals surface area contributed by atoms with E-state index in [1.807, 2.05) is 0 Å². The number of alkyl halides is 6. The molecule has 2 unspecified atom stereocenters. The second kappa shape index (κ2) is 4.75. The molecule has 0 aromatic heterocycles. The number of nitrogens with one attached hydrogen (secondary N) is 1. The van der Waals surface area contributed by atoms with Gasteiger partial charge in [0.05, 0.1) is 0 Å². The maximum Gasteiger partial charge on any atom is 0.384 e. The summed E-state index contributed by atoms with van der Waals surface area (Å²) >= 11 is 9.38. The first kappa shape index (κ1) is 15.3. The summed E-state index contributed by atoms with van der Waals surface area (Å²) in [6, 6.07) is 4.45. The van der Waals surface area contributed by atoms with Crippen molar-refractivity contribution in [3.05, 3.63) is 29.8 Å². The molecule has 1 rings (SSSR count). The molecule has 1 aromatic carbocycles. The third-order valence-electron chi connectivity index (χ3n) is 2.33. The normalized spacial score (nSPS) is 18.9. The second-order valence-corrected chi connectivity index (χ2v) is 4.52. The Morgan fingerprint density at radius 2 is 1.50 bits per heavy atom. The van der Waals surface area contributed by atoms with Crippen LogP contribution in [0.2, 0.25) is 0 Å². The van der Waals surface area contributed by atoms with Gasteiger partial charge in [-0.05, 0) is 23.7 Å². The Bertz CT molecular complexity index is 417. The molecule has 2 nitrogen and oxygen atoms in total. The van der Waals surface area contributed by atoms with E-state index in [1.165, 1.54) is 12.1 Å². The fourth-order valence-electron chi connectivity index (χ4n) is 1.22. The highest BCUT2D eigenvalue weighted by Crippen LogP contribution is 2.51. The molecule has 2 N–H and O–H groups in total. The van der Waals surface area contributed by atoms with Crippen LogP contribution in [0.3, 0.4) is 0 Å². The molecule has 0 spiro atoms. The van der Waals surface area contributed by atoms with Crippen LogP contribution in [0, 0.1) is 0 Å². The number of aliphatic hydroxyl groups is 1. The molecule has 0 radical (unpaired) electrons. The minimum absolute atomic E-state index is 0.520. The van der Waals surface area contributed by atoms with E-state index < -0.39 is 21.9 Å². The van der Waals surface area contributed by atoms with E-state index in [0.29, 0.717) is 5.69 Å². The highest BCUT2D eigenvalue weighted by atomic mass is 35.5.